The number of nitrogens with one attached hydrogen (secondary N) is 1. The molecule has 126 valence electrons. The third kappa shape index (κ3) is 3.07. The van der Waals surface area contributed by atoms with Gasteiger partial charge in [0.15, 0.2) is 5.82 Å². The standard InChI is InChI=1S/C18H22N4OS/c1-12-6-7-13-10-15(24-14(13)9-12)18(23)19-11-17-21-20-16-5-3-2-4-8-22(16)17/h6-7,9,15H,2-5,8,10-11H2,1H3,(H,19,23)/t15-/m1/s1. The largest absolute Gasteiger partial charge is 0.348 e. The molecule has 1 amide bonds. The van der Waals surface area contributed by atoms with Crippen molar-refractivity contribution in [2.45, 2.75) is 62.3 Å². The summed E-state index contributed by atoms with van der Waals surface area (Å²) in [6.07, 6.45) is 5.39. The van der Waals surface area contributed by atoms with Crippen molar-refractivity contribution in [1.82, 2.24) is 20.1 Å². The van der Waals surface area contributed by atoms with Gasteiger partial charge in [0.25, 0.3) is 0 Å². The summed E-state index contributed by atoms with van der Waals surface area (Å²) >= 11 is 1.67. The number of hydrogen-bond donors (Lipinski definition) is 1. The number of nitrogens with zero attached hydrogens (tertiary/aromatic N) is 3. The topological polar surface area (TPSA) is 59.8 Å². The zero-order valence-electron chi connectivity index (χ0n) is 13.9. The van der Waals surface area contributed by atoms with Crippen LogP contribution in [-0.4, -0.2) is 25.9 Å². The fraction of sp³-hybridized carbons (Fsp3) is 0.500. The number of rotatable bonds is 3. The molecule has 1 aromatic heterocycles. The van der Waals surface area contributed by atoms with Crippen LogP contribution in [0.25, 0.3) is 0 Å². The van der Waals surface area contributed by atoms with Gasteiger partial charge in [0.2, 0.25) is 5.91 Å². The molecule has 6 heteroatoms. The minimum atomic E-state index is -0.0340. The Bertz CT molecular complexity index is 770. The van der Waals surface area contributed by atoms with E-state index in [4.69, 9.17) is 0 Å². The second-order valence-electron chi connectivity index (χ2n) is 6.63. The van der Waals surface area contributed by atoms with Gasteiger partial charge in [0.05, 0.1) is 11.8 Å². The first-order chi connectivity index (χ1) is 11.7. The van der Waals surface area contributed by atoms with Crippen molar-refractivity contribution in [2.24, 2.45) is 0 Å². The van der Waals surface area contributed by atoms with Crippen molar-refractivity contribution in [3.8, 4) is 0 Å². The molecule has 0 radical (unpaired) electrons. The highest BCUT2D eigenvalue weighted by atomic mass is 32.2. The fourth-order valence-electron chi connectivity index (χ4n) is 3.44. The van der Waals surface area contributed by atoms with Crippen LogP contribution in [0, 0.1) is 6.92 Å². The summed E-state index contributed by atoms with van der Waals surface area (Å²) < 4.78 is 2.19. The van der Waals surface area contributed by atoms with Crippen LogP contribution in [0.3, 0.4) is 0 Å². The molecule has 0 spiro atoms. The van der Waals surface area contributed by atoms with Gasteiger partial charge in [0, 0.05) is 17.9 Å². The van der Waals surface area contributed by atoms with Crippen LogP contribution in [0.15, 0.2) is 23.1 Å². The van der Waals surface area contributed by atoms with Gasteiger partial charge in [-0.3, -0.25) is 4.79 Å². The van der Waals surface area contributed by atoms with Crippen molar-refractivity contribution < 1.29 is 4.79 Å². The third-order valence-corrected chi connectivity index (χ3v) is 6.10. The molecule has 0 aliphatic carbocycles. The lowest BCUT2D eigenvalue weighted by molar-refractivity contribution is -0.120. The summed E-state index contributed by atoms with van der Waals surface area (Å²) in [6.45, 7) is 3.53. The first-order valence-corrected chi connectivity index (χ1v) is 9.53. The second kappa shape index (κ2) is 6.59. The van der Waals surface area contributed by atoms with Crippen molar-refractivity contribution in [2.75, 3.05) is 0 Å². The molecule has 2 aliphatic heterocycles. The average molecular weight is 342 g/mol. The van der Waals surface area contributed by atoms with E-state index in [0.29, 0.717) is 6.54 Å². The van der Waals surface area contributed by atoms with E-state index < -0.39 is 0 Å². The molecule has 4 rings (SSSR count). The normalized spacial score (nSPS) is 19.5. The second-order valence-corrected chi connectivity index (χ2v) is 7.88. The van der Waals surface area contributed by atoms with Gasteiger partial charge in [-0.1, -0.05) is 24.1 Å². The number of thioether (sulfide) groups is 1. The number of aryl methyl sites for hydroxylation is 2. The van der Waals surface area contributed by atoms with E-state index in [9.17, 15) is 4.79 Å². The Kier molecular flexibility index (Phi) is 4.31. The SMILES string of the molecule is Cc1ccc2c(c1)S[C@@H](C(=O)NCc1nnc3n1CCCCC3)C2. The molecule has 2 aromatic rings. The summed E-state index contributed by atoms with van der Waals surface area (Å²) in [5.74, 6) is 2.05. The lowest BCUT2D eigenvalue weighted by Gasteiger charge is -2.11. The highest BCUT2D eigenvalue weighted by molar-refractivity contribution is 8.01. The zero-order chi connectivity index (χ0) is 16.5. The predicted octanol–water partition coefficient (Wildman–Crippen LogP) is 2.65. The number of carbonyl (C=O) groups is 1. The van der Waals surface area contributed by atoms with Gasteiger partial charge in [-0.05, 0) is 37.8 Å². The van der Waals surface area contributed by atoms with Crippen LogP contribution in [0.1, 0.15) is 42.0 Å². The molecule has 2 aliphatic rings. The first-order valence-electron chi connectivity index (χ1n) is 8.65. The maximum absolute atomic E-state index is 12.5. The number of hydrogen-bond acceptors (Lipinski definition) is 4. The molecular formula is C18H22N4OS. The molecule has 24 heavy (non-hydrogen) atoms. The van der Waals surface area contributed by atoms with Crippen LogP contribution in [-0.2, 0) is 30.7 Å². The predicted molar refractivity (Wildman–Crippen MR) is 94.0 cm³/mol. The zero-order valence-corrected chi connectivity index (χ0v) is 14.7. The molecule has 1 N–H and O–H groups in total. The Hall–Kier alpha value is -1.82. The average Bonchev–Trinajstić information content (AvgIpc) is 3.09. The highest BCUT2D eigenvalue weighted by Gasteiger charge is 2.28. The molecule has 0 bridgehead atoms. The maximum Gasteiger partial charge on any atom is 0.234 e. The van der Waals surface area contributed by atoms with Crippen molar-refractivity contribution in [3.63, 3.8) is 0 Å². The van der Waals surface area contributed by atoms with Gasteiger partial charge in [-0.15, -0.1) is 22.0 Å². The first kappa shape index (κ1) is 15.7. The maximum atomic E-state index is 12.5. The van der Waals surface area contributed by atoms with Gasteiger partial charge < -0.3 is 9.88 Å². The summed E-state index contributed by atoms with van der Waals surface area (Å²) in [7, 11) is 0. The van der Waals surface area contributed by atoms with Crippen LogP contribution >= 0.6 is 11.8 Å². The number of fused-ring (bicyclic) bond motifs is 2. The molecule has 5 nitrogen and oxygen atoms in total. The Morgan fingerprint density at radius 1 is 1.33 bits per heavy atom. The van der Waals surface area contributed by atoms with Crippen LogP contribution < -0.4 is 5.32 Å². The van der Waals surface area contributed by atoms with E-state index in [1.54, 1.807) is 11.8 Å². The molecule has 1 atom stereocenters. The number of amides is 1. The smallest absolute Gasteiger partial charge is 0.234 e. The quantitative estimate of drug-likeness (QED) is 0.931. The summed E-state index contributed by atoms with van der Waals surface area (Å²) in [5, 5.41) is 11.6. The lowest BCUT2D eigenvalue weighted by atomic mass is 10.1. The molecule has 0 saturated heterocycles. The van der Waals surface area contributed by atoms with Crippen LogP contribution in [0.4, 0.5) is 0 Å². The van der Waals surface area contributed by atoms with E-state index in [1.807, 2.05) is 0 Å². The van der Waals surface area contributed by atoms with Crippen molar-refractivity contribution in [1.29, 1.82) is 0 Å². The molecule has 0 fully saturated rings. The Balaban J connectivity index is 1.39. The third-order valence-electron chi connectivity index (χ3n) is 4.80. The van der Waals surface area contributed by atoms with E-state index in [1.165, 1.54) is 35.3 Å². The van der Waals surface area contributed by atoms with Gasteiger partial charge in [-0.25, -0.2) is 0 Å². The minimum Gasteiger partial charge on any atom is -0.348 e. The Morgan fingerprint density at radius 3 is 3.17 bits per heavy atom. The summed E-state index contributed by atoms with van der Waals surface area (Å²) in [5.41, 5.74) is 2.52. The summed E-state index contributed by atoms with van der Waals surface area (Å²) in [4.78, 5) is 13.8. The molecule has 0 unspecified atom stereocenters. The highest BCUT2D eigenvalue weighted by Crippen LogP contribution is 2.37. The Labute approximate surface area is 146 Å². The molecular weight excluding hydrogens is 320 g/mol. The summed E-state index contributed by atoms with van der Waals surface area (Å²) in [6, 6.07) is 6.43. The molecule has 1 aromatic carbocycles. The molecule has 3 heterocycles. The number of carbonyl (C=O) groups excluding carboxylic acids is 1. The monoisotopic (exact) mass is 342 g/mol. The molecule has 0 saturated carbocycles. The van der Waals surface area contributed by atoms with Crippen molar-refractivity contribution in [3.05, 3.63) is 41.0 Å². The van der Waals surface area contributed by atoms with Gasteiger partial charge in [-0.2, -0.15) is 0 Å². The van der Waals surface area contributed by atoms with E-state index >= 15 is 0 Å². The Morgan fingerprint density at radius 2 is 2.25 bits per heavy atom. The van der Waals surface area contributed by atoms with E-state index in [-0.39, 0.29) is 11.2 Å². The van der Waals surface area contributed by atoms with E-state index in [2.05, 4.69) is 45.2 Å². The van der Waals surface area contributed by atoms with Crippen LogP contribution in [0.5, 0.6) is 0 Å². The lowest BCUT2D eigenvalue weighted by Crippen LogP contribution is -2.33. The number of benzene rings is 1. The number of aromatic nitrogens is 3. The minimum absolute atomic E-state index is 0.0340. The van der Waals surface area contributed by atoms with Gasteiger partial charge in [0.1, 0.15) is 5.82 Å². The van der Waals surface area contributed by atoms with Crippen LogP contribution in [0.2, 0.25) is 0 Å². The van der Waals surface area contributed by atoms with E-state index in [0.717, 1.165) is 31.0 Å². The van der Waals surface area contributed by atoms with Gasteiger partial charge >= 0.3 is 0 Å². The van der Waals surface area contributed by atoms with Crippen molar-refractivity contribution >= 4 is 17.7 Å². The fourth-order valence-corrected chi connectivity index (χ4v) is 4.75.